The van der Waals surface area contributed by atoms with Crippen LogP contribution in [0.5, 0.6) is 11.5 Å². The molecule has 0 spiro atoms. The minimum absolute atomic E-state index is 0.491. The van der Waals surface area contributed by atoms with E-state index >= 15 is 0 Å². The van der Waals surface area contributed by atoms with Crippen LogP contribution < -0.4 is 20.9 Å². The Labute approximate surface area is 202 Å². The van der Waals surface area contributed by atoms with Gasteiger partial charge < -0.3 is 30.7 Å². The minimum atomic E-state index is 0.491. The van der Waals surface area contributed by atoms with Crippen molar-refractivity contribution in [2.45, 2.75) is 6.42 Å². The van der Waals surface area contributed by atoms with E-state index in [4.69, 9.17) is 20.9 Å². The standard InChI is InChI=1S/C24H29N7O2S/c1-30-7-9-31(10-8-30)6-3-11-33-19-13-17-15(12-18(19)32-2)22(28-14-27-17)21-16(25)4-5-20-23(21)29-24(26)34-20/h4-5,12-14H,3,6-11,25H2,1-2H3,(H2,26,29). The minimum Gasteiger partial charge on any atom is -0.493 e. The lowest BCUT2D eigenvalue weighted by Crippen LogP contribution is -2.44. The average Bonchev–Trinajstić information content (AvgIpc) is 3.22. The van der Waals surface area contributed by atoms with Gasteiger partial charge in [0.05, 0.1) is 40.7 Å². The summed E-state index contributed by atoms with van der Waals surface area (Å²) in [6, 6.07) is 7.61. The highest BCUT2D eigenvalue weighted by molar-refractivity contribution is 7.22. The number of aromatic nitrogens is 3. The van der Waals surface area contributed by atoms with Gasteiger partial charge in [0.15, 0.2) is 16.6 Å². The van der Waals surface area contributed by atoms with Crippen LogP contribution >= 0.6 is 11.3 Å². The summed E-state index contributed by atoms with van der Waals surface area (Å²) in [4.78, 5) is 18.4. The van der Waals surface area contributed by atoms with Crippen LogP contribution in [0.3, 0.4) is 0 Å². The number of nitrogen functional groups attached to an aromatic ring is 2. The van der Waals surface area contributed by atoms with E-state index < -0.39 is 0 Å². The normalized spacial score (nSPS) is 15.2. The number of fused-ring (bicyclic) bond motifs is 2. The molecule has 9 nitrogen and oxygen atoms in total. The van der Waals surface area contributed by atoms with Crippen molar-refractivity contribution >= 4 is 43.3 Å². The number of nitrogens with zero attached hydrogens (tertiary/aromatic N) is 5. The van der Waals surface area contributed by atoms with Crippen LogP contribution in [0.1, 0.15) is 6.42 Å². The summed E-state index contributed by atoms with van der Waals surface area (Å²) >= 11 is 1.42. The summed E-state index contributed by atoms with van der Waals surface area (Å²) in [6.45, 7) is 6.08. The highest BCUT2D eigenvalue weighted by Gasteiger charge is 2.19. The second-order valence-corrected chi connectivity index (χ2v) is 9.58. The number of rotatable bonds is 7. The molecule has 0 amide bonds. The highest BCUT2D eigenvalue weighted by Crippen LogP contribution is 2.41. The maximum absolute atomic E-state index is 6.37. The SMILES string of the molecule is COc1cc2c(-c3c(N)ccc4sc(N)nc34)ncnc2cc1OCCCN1CCN(C)CC1. The van der Waals surface area contributed by atoms with Gasteiger partial charge >= 0.3 is 0 Å². The fraction of sp³-hybridized carbons (Fsp3) is 0.375. The van der Waals surface area contributed by atoms with Crippen LogP contribution in [0.25, 0.3) is 32.4 Å². The second kappa shape index (κ2) is 9.57. The Morgan fingerprint density at radius 1 is 1.06 bits per heavy atom. The molecule has 1 aliphatic heterocycles. The van der Waals surface area contributed by atoms with Crippen molar-refractivity contribution in [2.75, 3.05) is 65.0 Å². The summed E-state index contributed by atoms with van der Waals surface area (Å²) in [7, 11) is 3.81. The van der Waals surface area contributed by atoms with Gasteiger partial charge in [-0.15, -0.1) is 0 Å². The fourth-order valence-corrected chi connectivity index (χ4v) is 5.10. The molecule has 0 saturated carbocycles. The van der Waals surface area contributed by atoms with E-state index in [9.17, 15) is 0 Å². The quantitative estimate of drug-likeness (QED) is 0.305. The van der Waals surface area contributed by atoms with Crippen molar-refractivity contribution in [1.29, 1.82) is 0 Å². The Bertz CT molecular complexity index is 1320. The Hall–Kier alpha value is -3.21. The molecule has 0 unspecified atom stereocenters. The number of nitrogens with two attached hydrogens (primary N) is 2. The lowest BCUT2D eigenvalue weighted by molar-refractivity contribution is 0.145. The van der Waals surface area contributed by atoms with E-state index in [1.54, 1.807) is 7.11 Å². The summed E-state index contributed by atoms with van der Waals surface area (Å²) in [5, 5.41) is 1.31. The summed E-state index contributed by atoms with van der Waals surface area (Å²) in [5.74, 6) is 1.30. The lowest BCUT2D eigenvalue weighted by Gasteiger charge is -2.32. The van der Waals surface area contributed by atoms with Gasteiger partial charge in [0, 0.05) is 49.9 Å². The highest BCUT2D eigenvalue weighted by atomic mass is 32.1. The number of likely N-dealkylation sites (N-methyl/N-ethyl adjacent to an activating group) is 1. The zero-order valence-corrected chi connectivity index (χ0v) is 20.3. The van der Waals surface area contributed by atoms with Crippen LogP contribution in [0.4, 0.5) is 10.8 Å². The first kappa shape index (κ1) is 22.6. The number of anilines is 2. The third kappa shape index (κ3) is 4.44. The molecule has 1 fully saturated rings. The zero-order valence-electron chi connectivity index (χ0n) is 19.5. The third-order valence-corrected chi connectivity index (χ3v) is 7.09. The summed E-state index contributed by atoms with van der Waals surface area (Å²) in [5.41, 5.74) is 15.9. The van der Waals surface area contributed by atoms with Gasteiger partial charge in [0.25, 0.3) is 0 Å². The van der Waals surface area contributed by atoms with Crippen molar-refractivity contribution < 1.29 is 9.47 Å². The third-order valence-electron chi connectivity index (χ3n) is 6.24. The molecular formula is C24H29N7O2S. The molecular weight excluding hydrogens is 450 g/mol. The monoisotopic (exact) mass is 479 g/mol. The van der Waals surface area contributed by atoms with E-state index in [0.29, 0.717) is 34.6 Å². The first-order valence-corrected chi connectivity index (χ1v) is 12.2. The Morgan fingerprint density at radius 3 is 2.68 bits per heavy atom. The molecule has 1 saturated heterocycles. The van der Waals surface area contributed by atoms with Crippen molar-refractivity contribution in [2.24, 2.45) is 0 Å². The van der Waals surface area contributed by atoms with Crippen LogP contribution in [0.15, 0.2) is 30.6 Å². The van der Waals surface area contributed by atoms with E-state index in [-0.39, 0.29) is 0 Å². The molecule has 178 valence electrons. The molecule has 2 aromatic heterocycles. The molecule has 3 heterocycles. The van der Waals surface area contributed by atoms with E-state index in [0.717, 1.165) is 65.8 Å². The molecule has 0 bridgehead atoms. The van der Waals surface area contributed by atoms with E-state index in [2.05, 4.69) is 31.8 Å². The molecule has 10 heteroatoms. The largest absolute Gasteiger partial charge is 0.493 e. The molecule has 0 radical (unpaired) electrons. The number of ether oxygens (including phenoxy) is 2. The first-order chi connectivity index (χ1) is 16.5. The molecule has 1 aliphatic rings. The molecule has 5 rings (SSSR count). The Morgan fingerprint density at radius 2 is 1.88 bits per heavy atom. The van der Waals surface area contributed by atoms with Crippen molar-refractivity contribution in [1.82, 2.24) is 24.8 Å². The molecule has 4 aromatic rings. The number of hydrogen-bond donors (Lipinski definition) is 2. The molecule has 34 heavy (non-hydrogen) atoms. The second-order valence-electron chi connectivity index (χ2n) is 8.52. The van der Waals surface area contributed by atoms with E-state index in [1.165, 1.54) is 17.7 Å². The number of thiazole rings is 1. The lowest BCUT2D eigenvalue weighted by atomic mass is 10.0. The smallest absolute Gasteiger partial charge is 0.181 e. The average molecular weight is 480 g/mol. The number of piperazine rings is 1. The predicted octanol–water partition coefficient (Wildman–Crippen LogP) is 3.10. The molecule has 2 aromatic carbocycles. The van der Waals surface area contributed by atoms with Crippen molar-refractivity contribution in [3.63, 3.8) is 0 Å². The van der Waals surface area contributed by atoms with Gasteiger partial charge in [-0.3, -0.25) is 0 Å². The Kier molecular flexibility index (Phi) is 6.36. The van der Waals surface area contributed by atoms with E-state index in [1.807, 2.05) is 24.3 Å². The van der Waals surface area contributed by atoms with Crippen molar-refractivity contribution in [3.8, 4) is 22.8 Å². The van der Waals surface area contributed by atoms with Crippen LogP contribution in [0.2, 0.25) is 0 Å². The van der Waals surface area contributed by atoms with Gasteiger partial charge in [-0.2, -0.15) is 0 Å². The topological polar surface area (TPSA) is 116 Å². The van der Waals surface area contributed by atoms with Gasteiger partial charge in [0.2, 0.25) is 0 Å². The van der Waals surface area contributed by atoms with Crippen LogP contribution in [0, 0.1) is 0 Å². The molecule has 0 atom stereocenters. The zero-order chi connectivity index (χ0) is 23.7. The number of methoxy groups -OCH3 is 1. The maximum atomic E-state index is 6.37. The van der Waals surface area contributed by atoms with Crippen molar-refractivity contribution in [3.05, 3.63) is 30.6 Å². The first-order valence-electron chi connectivity index (χ1n) is 11.3. The maximum Gasteiger partial charge on any atom is 0.181 e. The summed E-state index contributed by atoms with van der Waals surface area (Å²) in [6.07, 6.45) is 2.49. The molecule has 4 N–H and O–H groups in total. The van der Waals surface area contributed by atoms with Gasteiger partial charge in [-0.25, -0.2) is 15.0 Å². The number of benzene rings is 2. The molecule has 0 aliphatic carbocycles. The van der Waals surface area contributed by atoms with Crippen LogP contribution in [-0.2, 0) is 0 Å². The summed E-state index contributed by atoms with van der Waals surface area (Å²) < 4.78 is 12.7. The van der Waals surface area contributed by atoms with Gasteiger partial charge in [-0.05, 0) is 31.7 Å². The fourth-order valence-electron chi connectivity index (χ4n) is 4.35. The van der Waals surface area contributed by atoms with Gasteiger partial charge in [-0.1, -0.05) is 11.3 Å². The van der Waals surface area contributed by atoms with Gasteiger partial charge in [0.1, 0.15) is 6.33 Å². The predicted molar refractivity (Wildman–Crippen MR) is 138 cm³/mol. The van der Waals surface area contributed by atoms with Crippen LogP contribution in [-0.4, -0.2) is 78.2 Å². The Balaban J connectivity index is 1.41. The number of hydrogen-bond acceptors (Lipinski definition) is 10.